The minimum atomic E-state index is -0.498. The Morgan fingerprint density at radius 2 is 2.17 bits per heavy atom. The van der Waals surface area contributed by atoms with Gasteiger partial charge in [0.25, 0.3) is 0 Å². The summed E-state index contributed by atoms with van der Waals surface area (Å²) in [5, 5.41) is 17.0. The van der Waals surface area contributed by atoms with Crippen LogP contribution in [0.2, 0.25) is 0 Å². The van der Waals surface area contributed by atoms with Gasteiger partial charge < -0.3 is 10.4 Å². The molecule has 0 bridgehead atoms. The summed E-state index contributed by atoms with van der Waals surface area (Å²) in [4.78, 5) is 4.59. The smallest absolute Gasteiger partial charge is 0.0954 e. The summed E-state index contributed by atoms with van der Waals surface area (Å²) in [5.41, 5.74) is 0.597. The highest BCUT2D eigenvalue weighted by Gasteiger charge is 2.28. The maximum Gasteiger partial charge on any atom is 0.0954 e. The van der Waals surface area contributed by atoms with Crippen molar-refractivity contribution in [3.05, 3.63) is 16.1 Å². The largest absolute Gasteiger partial charge is 0.389 e. The zero-order valence-electron chi connectivity index (χ0n) is 11.1. The number of aromatic nitrogens is 1. The van der Waals surface area contributed by atoms with Crippen molar-refractivity contribution in [2.24, 2.45) is 0 Å². The predicted octanol–water partition coefficient (Wildman–Crippen LogP) is 2.61. The number of nitrogens with zero attached hydrogens (tertiary/aromatic N) is 1. The van der Waals surface area contributed by atoms with E-state index in [1.54, 1.807) is 11.3 Å². The van der Waals surface area contributed by atoms with Gasteiger partial charge >= 0.3 is 0 Å². The van der Waals surface area contributed by atoms with Crippen molar-refractivity contribution in [1.29, 1.82) is 0 Å². The van der Waals surface area contributed by atoms with Crippen LogP contribution in [0.3, 0.4) is 0 Å². The highest BCUT2D eigenvalue weighted by atomic mass is 32.2. The van der Waals surface area contributed by atoms with E-state index >= 15 is 0 Å². The van der Waals surface area contributed by atoms with E-state index in [9.17, 15) is 5.11 Å². The van der Waals surface area contributed by atoms with Gasteiger partial charge in [0.1, 0.15) is 0 Å². The third-order valence-corrected chi connectivity index (χ3v) is 5.43. The van der Waals surface area contributed by atoms with E-state index in [0.717, 1.165) is 36.6 Å². The number of hydrogen-bond donors (Lipinski definition) is 2. The first-order chi connectivity index (χ1) is 8.59. The molecule has 0 radical (unpaired) electrons. The molecular formula is C13H22N2OS2. The molecule has 1 aromatic heterocycles. The van der Waals surface area contributed by atoms with Crippen molar-refractivity contribution < 1.29 is 5.11 Å². The van der Waals surface area contributed by atoms with Gasteiger partial charge in [-0.15, -0.1) is 11.3 Å². The molecule has 2 heterocycles. The van der Waals surface area contributed by atoms with Gasteiger partial charge in [-0.2, -0.15) is 11.8 Å². The van der Waals surface area contributed by atoms with Crippen LogP contribution in [0.4, 0.5) is 0 Å². The number of thioether (sulfide) groups is 1. The van der Waals surface area contributed by atoms with Gasteiger partial charge in [0.2, 0.25) is 0 Å². The van der Waals surface area contributed by atoms with Crippen LogP contribution in [-0.4, -0.2) is 33.7 Å². The van der Waals surface area contributed by atoms with E-state index in [-0.39, 0.29) is 0 Å². The molecule has 1 saturated heterocycles. The van der Waals surface area contributed by atoms with Crippen LogP contribution >= 0.6 is 23.1 Å². The molecule has 2 rings (SSSR count). The molecule has 0 saturated carbocycles. The highest BCUT2D eigenvalue weighted by Crippen LogP contribution is 2.26. The lowest BCUT2D eigenvalue weighted by Crippen LogP contribution is -2.43. The molecule has 3 nitrogen and oxygen atoms in total. The van der Waals surface area contributed by atoms with Gasteiger partial charge in [-0.25, -0.2) is 4.98 Å². The second-order valence-corrected chi connectivity index (χ2v) is 7.39. The molecule has 5 heteroatoms. The summed E-state index contributed by atoms with van der Waals surface area (Å²) in [6.07, 6.45) is 1.80. The van der Waals surface area contributed by atoms with Gasteiger partial charge in [0, 0.05) is 24.4 Å². The summed E-state index contributed by atoms with van der Waals surface area (Å²) in [6.45, 7) is 5.78. The zero-order chi connectivity index (χ0) is 13.0. The Morgan fingerprint density at radius 3 is 2.78 bits per heavy atom. The molecule has 0 aliphatic carbocycles. The Balaban J connectivity index is 1.77. The Morgan fingerprint density at radius 1 is 1.44 bits per heavy atom. The highest BCUT2D eigenvalue weighted by molar-refractivity contribution is 7.99. The van der Waals surface area contributed by atoms with E-state index in [0.29, 0.717) is 12.5 Å². The van der Waals surface area contributed by atoms with Crippen molar-refractivity contribution >= 4 is 23.1 Å². The molecular weight excluding hydrogens is 264 g/mol. The third-order valence-electron chi connectivity index (χ3n) is 3.25. The Bertz CT molecular complexity index is 373. The zero-order valence-corrected chi connectivity index (χ0v) is 12.7. The minimum absolute atomic E-state index is 0.498. The lowest BCUT2D eigenvalue weighted by atomic mass is 9.97. The lowest BCUT2D eigenvalue weighted by molar-refractivity contribution is 0.0319. The van der Waals surface area contributed by atoms with E-state index in [4.69, 9.17) is 0 Å². The third kappa shape index (κ3) is 3.95. The molecule has 18 heavy (non-hydrogen) atoms. The first kappa shape index (κ1) is 14.3. The Kier molecular flexibility index (Phi) is 5.06. The molecule has 102 valence electrons. The van der Waals surface area contributed by atoms with Gasteiger partial charge in [0.05, 0.1) is 16.3 Å². The van der Waals surface area contributed by atoms with Gasteiger partial charge in [-0.3, -0.25) is 0 Å². The Labute approximate surface area is 117 Å². The fourth-order valence-electron chi connectivity index (χ4n) is 2.02. The molecule has 1 aliphatic rings. The van der Waals surface area contributed by atoms with Crippen LogP contribution in [0.15, 0.2) is 5.38 Å². The number of hydrogen-bond acceptors (Lipinski definition) is 5. The monoisotopic (exact) mass is 286 g/mol. The molecule has 0 aromatic carbocycles. The molecule has 1 fully saturated rings. The van der Waals surface area contributed by atoms with E-state index < -0.39 is 5.60 Å². The second kappa shape index (κ2) is 6.37. The summed E-state index contributed by atoms with van der Waals surface area (Å²) >= 11 is 3.66. The van der Waals surface area contributed by atoms with Gasteiger partial charge in [0.15, 0.2) is 0 Å². The van der Waals surface area contributed by atoms with Crippen LogP contribution in [0, 0.1) is 0 Å². The average Bonchev–Trinajstić information content (AvgIpc) is 2.78. The quantitative estimate of drug-likeness (QED) is 0.873. The second-order valence-electron chi connectivity index (χ2n) is 5.27. The van der Waals surface area contributed by atoms with E-state index in [2.05, 4.69) is 29.5 Å². The van der Waals surface area contributed by atoms with Crippen LogP contribution < -0.4 is 5.32 Å². The van der Waals surface area contributed by atoms with Crippen molar-refractivity contribution in [2.45, 2.75) is 44.8 Å². The fraction of sp³-hybridized carbons (Fsp3) is 0.769. The minimum Gasteiger partial charge on any atom is -0.389 e. The average molecular weight is 286 g/mol. The van der Waals surface area contributed by atoms with Crippen molar-refractivity contribution in [3.8, 4) is 0 Å². The predicted molar refractivity (Wildman–Crippen MR) is 79.4 cm³/mol. The maximum atomic E-state index is 10.3. The van der Waals surface area contributed by atoms with E-state index in [1.807, 2.05) is 11.8 Å². The Hall–Kier alpha value is -0.100. The van der Waals surface area contributed by atoms with Crippen LogP contribution in [-0.2, 0) is 6.54 Å². The molecule has 1 aromatic rings. The fourth-order valence-corrected chi connectivity index (χ4v) is 4.11. The molecule has 2 N–H and O–H groups in total. The number of nitrogens with one attached hydrogen (secondary N) is 1. The molecule has 0 amide bonds. The SMILES string of the molecule is CC(C)c1nc(CNCC2(O)CCSCC2)cs1. The first-order valence-electron chi connectivity index (χ1n) is 6.54. The van der Waals surface area contributed by atoms with Crippen molar-refractivity contribution in [3.63, 3.8) is 0 Å². The normalized spacial score (nSPS) is 19.3. The first-order valence-corrected chi connectivity index (χ1v) is 8.58. The molecule has 0 spiro atoms. The summed E-state index contributed by atoms with van der Waals surface area (Å²) in [6, 6.07) is 0. The standard InChI is InChI=1S/C13H22N2OS2/c1-10(2)12-15-11(8-18-12)7-14-9-13(16)3-5-17-6-4-13/h8,10,14,16H,3-7,9H2,1-2H3. The summed E-state index contributed by atoms with van der Waals surface area (Å²) in [7, 11) is 0. The lowest BCUT2D eigenvalue weighted by Gasteiger charge is -2.31. The summed E-state index contributed by atoms with van der Waals surface area (Å²) < 4.78 is 0. The van der Waals surface area contributed by atoms with Crippen molar-refractivity contribution in [2.75, 3.05) is 18.1 Å². The summed E-state index contributed by atoms with van der Waals surface area (Å²) in [5.74, 6) is 2.65. The number of rotatable bonds is 5. The van der Waals surface area contributed by atoms with Gasteiger partial charge in [-0.1, -0.05) is 13.8 Å². The van der Waals surface area contributed by atoms with Crippen LogP contribution in [0.5, 0.6) is 0 Å². The molecule has 1 aliphatic heterocycles. The topological polar surface area (TPSA) is 45.2 Å². The van der Waals surface area contributed by atoms with Crippen molar-refractivity contribution in [1.82, 2.24) is 10.3 Å². The van der Waals surface area contributed by atoms with Crippen LogP contribution in [0.1, 0.15) is 43.3 Å². The number of thiazole rings is 1. The molecule has 0 unspecified atom stereocenters. The maximum absolute atomic E-state index is 10.3. The molecule has 0 atom stereocenters. The van der Waals surface area contributed by atoms with Gasteiger partial charge in [-0.05, 0) is 24.3 Å². The number of aliphatic hydroxyl groups is 1. The van der Waals surface area contributed by atoms with E-state index in [1.165, 1.54) is 5.01 Å². The van der Waals surface area contributed by atoms with Crippen LogP contribution in [0.25, 0.3) is 0 Å².